The Labute approximate surface area is 507 Å². The molecule has 6 aliphatic rings. The van der Waals surface area contributed by atoms with Gasteiger partial charge in [-0.25, -0.2) is 26.4 Å². The van der Waals surface area contributed by atoms with Crippen LogP contribution in [0.1, 0.15) is 80.9 Å². The first kappa shape index (κ1) is 63.7. The van der Waals surface area contributed by atoms with Gasteiger partial charge in [-0.15, -0.1) is 0 Å². The molecule has 4 heterocycles. The first-order chi connectivity index (χ1) is 42.1. The quantitative estimate of drug-likeness (QED) is 0.0358. The summed E-state index contributed by atoms with van der Waals surface area (Å²) in [6.45, 7) is 1.04. The summed E-state index contributed by atoms with van der Waals surface area (Å²) in [5.41, 5.74) is 2.68. The molecule has 5 aromatic carbocycles. The molecule has 4 aliphatic heterocycles. The number of nitrogens with zero attached hydrogens (tertiary/aromatic N) is 2. The third kappa shape index (κ3) is 17.3. The van der Waals surface area contributed by atoms with Crippen LogP contribution in [0.4, 0.5) is 9.59 Å². The summed E-state index contributed by atoms with van der Waals surface area (Å²) >= 11 is 0. The lowest BCUT2D eigenvalue weighted by molar-refractivity contribution is -0.145. The van der Waals surface area contributed by atoms with E-state index in [0.29, 0.717) is 51.3 Å². The van der Waals surface area contributed by atoms with E-state index >= 15 is 0 Å². The van der Waals surface area contributed by atoms with E-state index in [2.05, 4.69) is 10.6 Å². The molecule has 6 fully saturated rings. The number of hydrogen-bond donors (Lipinski definition) is 5. The smallest absolute Gasteiger partial charge is 0.407 e. The molecule has 0 spiro atoms. The van der Waals surface area contributed by atoms with E-state index in [4.69, 9.17) is 42.8 Å². The number of carbonyl (C=O) groups is 2. The summed E-state index contributed by atoms with van der Waals surface area (Å²) in [5, 5.41) is 38.2. The van der Waals surface area contributed by atoms with Crippen molar-refractivity contribution in [2.75, 3.05) is 39.5 Å². The monoisotopic (exact) mass is 1240 g/mol. The molecule has 11 rings (SSSR count). The minimum absolute atomic E-state index is 0.00342. The third-order valence-electron chi connectivity index (χ3n) is 16.5. The second kappa shape index (κ2) is 30.3. The minimum atomic E-state index is -4.21. The Morgan fingerprint density at radius 3 is 1.32 bits per heavy atom. The van der Waals surface area contributed by atoms with Gasteiger partial charge in [0.05, 0.1) is 97.6 Å². The number of aliphatic hydroxyl groups is 2. The number of aromatic hydroxyl groups is 1. The van der Waals surface area contributed by atoms with Gasteiger partial charge in [0.15, 0.2) is 12.6 Å². The van der Waals surface area contributed by atoms with Gasteiger partial charge in [-0.05, 0) is 117 Å². The van der Waals surface area contributed by atoms with Crippen molar-refractivity contribution >= 4 is 32.2 Å². The molecule has 5 aromatic rings. The Bertz CT molecular complexity index is 3180. The van der Waals surface area contributed by atoms with E-state index in [1.165, 1.54) is 36.4 Å². The van der Waals surface area contributed by atoms with Crippen molar-refractivity contribution in [2.24, 2.45) is 11.8 Å². The number of hydrogen-bond acceptors (Lipinski definition) is 18. The van der Waals surface area contributed by atoms with Crippen LogP contribution in [-0.2, 0) is 77.6 Å². The summed E-state index contributed by atoms with van der Waals surface area (Å²) in [7, 11) is -8.41. The standard InChI is InChI=1S/C35H42N2O9S.C28H36N2O9S/c38-32(31(21-25-9-3-1-4-10-25)36-35(39)45-33-24-44-34-30(33)19-20-42-34)22-37(46-28-13-7-8-14-28)47(40,41)29-17-15-27(16-18-29)43-23-26-11-5-2-6-12-26;31-20-10-12-22(13-11-20)40(34,35)30(39-21-8-4-5-9-21)17-25(32)24(16-19-6-2-1-3-7-19)29-28(33)38-26-18-37-27-23(26)14-15-36-27/h1-6,9-12,15-18,28,30-34,38H,7-8,13-14,19-24H2,(H,36,39);1-3,6-7,10-13,21,23-27,31-32H,4-5,8-9,14-18H2,(H,29,33)/t30-,31-,32+,33-,34+;23-,24-,25+,26-,27+/m00/s1. The van der Waals surface area contributed by atoms with E-state index < -0.39 is 81.8 Å². The maximum atomic E-state index is 14.0. The summed E-state index contributed by atoms with van der Waals surface area (Å²) in [5.74, 6) is 0.351. The molecule has 0 bridgehead atoms. The molecule has 0 aromatic heterocycles. The molecule has 22 nitrogen and oxygen atoms in total. The Hall–Kier alpha value is -6.26. The molecule has 2 amide bonds. The highest BCUT2D eigenvalue weighted by molar-refractivity contribution is 7.89. The first-order valence-electron chi connectivity index (χ1n) is 29.9. The number of phenolic OH excluding ortho intramolecular Hbond substituents is 1. The number of amides is 2. The molecule has 0 radical (unpaired) electrons. The molecule has 0 unspecified atom stereocenters. The van der Waals surface area contributed by atoms with Gasteiger partial charge >= 0.3 is 12.2 Å². The van der Waals surface area contributed by atoms with Crippen molar-refractivity contribution < 1.29 is 84.6 Å². The molecule has 470 valence electrons. The van der Waals surface area contributed by atoms with E-state index in [0.717, 1.165) is 64.2 Å². The fourth-order valence-corrected chi connectivity index (χ4v) is 14.2. The van der Waals surface area contributed by atoms with Crippen LogP contribution in [0.3, 0.4) is 0 Å². The zero-order valence-corrected chi connectivity index (χ0v) is 50.0. The average Bonchev–Trinajstić information content (AvgIpc) is 2.56. The van der Waals surface area contributed by atoms with Gasteiger partial charge in [-0.2, -0.15) is 0 Å². The number of ether oxygens (including phenoxy) is 7. The number of sulfonamides is 2. The minimum Gasteiger partial charge on any atom is -0.508 e. The summed E-state index contributed by atoms with van der Waals surface area (Å²) < 4.78 is 96.2. The van der Waals surface area contributed by atoms with Gasteiger partial charge in [-0.3, -0.25) is 9.68 Å². The second-order valence-electron chi connectivity index (χ2n) is 22.7. The molecular weight excluding hydrogens is 1160 g/mol. The molecule has 2 aliphatic carbocycles. The van der Waals surface area contributed by atoms with Crippen LogP contribution in [0.2, 0.25) is 0 Å². The van der Waals surface area contributed by atoms with Crippen LogP contribution < -0.4 is 15.4 Å². The highest BCUT2D eigenvalue weighted by Crippen LogP contribution is 2.35. The number of hydroxylamine groups is 2. The van der Waals surface area contributed by atoms with E-state index in [-0.39, 0.29) is 78.2 Å². The molecule has 24 heteroatoms. The predicted molar refractivity (Wildman–Crippen MR) is 314 cm³/mol. The van der Waals surface area contributed by atoms with Gasteiger partial charge in [0.2, 0.25) is 0 Å². The van der Waals surface area contributed by atoms with E-state index in [1.54, 1.807) is 12.1 Å². The number of rotatable bonds is 25. The van der Waals surface area contributed by atoms with Crippen molar-refractivity contribution in [3.05, 3.63) is 156 Å². The van der Waals surface area contributed by atoms with Crippen LogP contribution in [-0.4, -0.2) is 154 Å². The first-order valence-corrected chi connectivity index (χ1v) is 32.8. The van der Waals surface area contributed by atoms with Gasteiger partial charge < -0.3 is 59.1 Å². The Kier molecular flexibility index (Phi) is 22.2. The highest BCUT2D eigenvalue weighted by Gasteiger charge is 2.46. The summed E-state index contributed by atoms with van der Waals surface area (Å²) in [6, 6.07) is 37.8. The molecule has 4 saturated heterocycles. The van der Waals surface area contributed by atoms with Gasteiger partial charge in [0.1, 0.15) is 30.3 Å². The van der Waals surface area contributed by atoms with Crippen LogP contribution in [0.5, 0.6) is 11.5 Å². The molecule has 2 saturated carbocycles. The lowest BCUT2D eigenvalue weighted by Gasteiger charge is -2.31. The molecule has 10 atom stereocenters. The zero-order chi connectivity index (χ0) is 60.8. The SMILES string of the molecule is O=C(N[C@@H](Cc1ccccc1)[C@H](O)CN(OC1CCCC1)S(=O)(=O)c1ccc(O)cc1)O[C@H]1CO[C@H]2OCC[C@H]21.O=C(N[C@@H](Cc1ccccc1)[C@H](O)CN(OC1CCCC1)S(=O)(=O)c1ccc(OCc2ccccc2)cc1)O[C@H]1CO[C@H]2OCC[C@H]21. The normalized spacial score (nSPS) is 23.5. The van der Waals surface area contributed by atoms with Crippen LogP contribution in [0, 0.1) is 11.8 Å². The van der Waals surface area contributed by atoms with Gasteiger partial charge in [0, 0.05) is 0 Å². The van der Waals surface area contributed by atoms with E-state index in [1.807, 2.05) is 91.0 Å². The number of fused-ring (bicyclic) bond motifs is 2. The molecule has 87 heavy (non-hydrogen) atoms. The van der Waals surface area contributed by atoms with Crippen LogP contribution in [0.15, 0.2) is 149 Å². The van der Waals surface area contributed by atoms with Crippen LogP contribution >= 0.6 is 0 Å². The highest BCUT2D eigenvalue weighted by atomic mass is 32.2. The third-order valence-corrected chi connectivity index (χ3v) is 19.7. The number of benzene rings is 5. The predicted octanol–water partition coefficient (Wildman–Crippen LogP) is 7.31. The Morgan fingerprint density at radius 1 is 0.517 bits per heavy atom. The Balaban J connectivity index is 0.000000195. The number of alkyl carbamates (subject to hydrolysis) is 2. The van der Waals surface area contributed by atoms with E-state index in [9.17, 15) is 41.7 Å². The van der Waals surface area contributed by atoms with Crippen molar-refractivity contribution in [3.8, 4) is 11.5 Å². The average molecular weight is 1240 g/mol. The maximum absolute atomic E-state index is 14.0. The topological polar surface area (TPSA) is 277 Å². The lowest BCUT2D eigenvalue weighted by Crippen LogP contribution is -2.51. The lowest BCUT2D eigenvalue weighted by atomic mass is 10.0. The number of nitrogens with one attached hydrogen (secondary N) is 2. The number of phenols is 1. The molecular formula is C63H78N4O18S2. The zero-order valence-electron chi connectivity index (χ0n) is 48.3. The van der Waals surface area contributed by atoms with Crippen molar-refractivity contribution in [1.29, 1.82) is 0 Å². The largest absolute Gasteiger partial charge is 0.508 e. The molecule has 5 N–H and O–H groups in total. The van der Waals surface area contributed by atoms with Crippen molar-refractivity contribution in [2.45, 2.75) is 155 Å². The summed E-state index contributed by atoms with van der Waals surface area (Å²) in [6.07, 6.45) is 1.97. The number of carbonyl (C=O) groups excluding carboxylic acids is 2. The van der Waals surface area contributed by atoms with Gasteiger partial charge in [-0.1, -0.05) is 126 Å². The fraction of sp³-hybridized carbons (Fsp3) is 0.492. The maximum Gasteiger partial charge on any atom is 0.407 e. The van der Waals surface area contributed by atoms with Crippen LogP contribution in [0.25, 0.3) is 0 Å². The summed E-state index contributed by atoms with van der Waals surface area (Å²) in [4.78, 5) is 38.0. The Morgan fingerprint density at radius 2 is 0.908 bits per heavy atom. The van der Waals surface area contributed by atoms with Crippen molar-refractivity contribution in [1.82, 2.24) is 19.6 Å². The fourth-order valence-electron chi connectivity index (χ4n) is 11.6. The van der Waals surface area contributed by atoms with Crippen molar-refractivity contribution in [3.63, 3.8) is 0 Å². The number of aliphatic hydroxyl groups excluding tert-OH is 2. The van der Waals surface area contributed by atoms with Gasteiger partial charge in [0.25, 0.3) is 20.0 Å². The second-order valence-corrected chi connectivity index (χ2v) is 26.4.